The standard InChI is InChI=1S/C19H19N5O2/c1-12-9-21-24(11-12)18-6-7-20-10-17(18)23-19(26)16-8-15(22-14(3)25)5-4-13(16)2/h4-11H,1-3H3,(H,22,25)(H,23,26). The Balaban J connectivity index is 1.91. The lowest BCUT2D eigenvalue weighted by Gasteiger charge is -2.13. The molecule has 3 aromatic rings. The molecule has 2 heterocycles. The number of benzene rings is 1. The Bertz CT molecular complexity index is 978. The van der Waals surface area contributed by atoms with Gasteiger partial charge in [-0.2, -0.15) is 5.10 Å². The molecule has 2 N–H and O–H groups in total. The first-order valence-corrected chi connectivity index (χ1v) is 8.09. The topological polar surface area (TPSA) is 88.9 Å². The van der Waals surface area contributed by atoms with Crippen LogP contribution in [0.5, 0.6) is 0 Å². The highest BCUT2D eigenvalue weighted by molar-refractivity contribution is 6.07. The highest BCUT2D eigenvalue weighted by atomic mass is 16.2. The summed E-state index contributed by atoms with van der Waals surface area (Å²) in [5.74, 6) is -0.475. The molecule has 7 heteroatoms. The normalized spacial score (nSPS) is 10.4. The Morgan fingerprint density at radius 2 is 1.88 bits per heavy atom. The van der Waals surface area contributed by atoms with Gasteiger partial charge in [0, 0.05) is 30.6 Å². The fourth-order valence-corrected chi connectivity index (χ4v) is 2.57. The predicted octanol–water partition coefficient (Wildman–Crippen LogP) is 3.09. The number of pyridine rings is 1. The number of anilines is 2. The van der Waals surface area contributed by atoms with E-state index in [1.165, 1.54) is 6.92 Å². The van der Waals surface area contributed by atoms with Gasteiger partial charge in [0.1, 0.15) is 0 Å². The number of nitrogens with one attached hydrogen (secondary N) is 2. The molecule has 0 aliphatic carbocycles. The number of aryl methyl sites for hydroxylation is 2. The van der Waals surface area contributed by atoms with E-state index in [0.717, 1.165) is 16.8 Å². The van der Waals surface area contributed by atoms with Crippen LogP contribution in [0.15, 0.2) is 49.1 Å². The van der Waals surface area contributed by atoms with Crippen LogP contribution in [-0.2, 0) is 4.79 Å². The number of rotatable bonds is 4. The minimum atomic E-state index is -0.284. The lowest BCUT2D eigenvalue weighted by atomic mass is 10.1. The van der Waals surface area contributed by atoms with Gasteiger partial charge in [0.05, 0.1) is 23.8 Å². The summed E-state index contributed by atoms with van der Waals surface area (Å²) in [6.45, 7) is 5.21. The summed E-state index contributed by atoms with van der Waals surface area (Å²) < 4.78 is 1.69. The van der Waals surface area contributed by atoms with E-state index in [2.05, 4.69) is 20.7 Å². The molecule has 3 rings (SSSR count). The predicted molar refractivity (Wildman–Crippen MR) is 99.5 cm³/mol. The Kier molecular flexibility index (Phi) is 4.79. The third kappa shape index (κ3) is 3.77. The number of amides is 2. The van der Waals surface area contributed by atoms with Gasteiger partial charge in [0.2, 0.25) is 5.91 Å². The molecule has 7 nitrogen and oxygen atoms in total. The van der Waals surface area contributed by atoms with Crippen LogP contribution in [0.4, 0.5) is 11.4 Å². The van der Waals surface area contributed by atoms with Gasteiger partial charge in [-0.25, -0.2) is 4.68 Å². The van der Waals surface area contributed by atoms with Crippen LogP contribution in [-0.4, -0.2) is 26.6 Å². The van der Waals surface area contributed by atoms with Crippen LogP contribution in [0.1, 0.15) is 28.4 Å². The van der Waals surface area contributed by atoms with Crippen molar-refractivity contribution < 1.29 is 9.59 Å². The molecule has 0 bridgehead atoms. The lowest BCUT2D eigenvalue weighted by molar-refractivity contribution is -0.114. The summed E-state index contributed by atoms with van der Waals surface area (Å²) in [5, 5.41) is 9.85. The minimum Gasteiger partial charge on any atom is -0.326 e. The van der Waals surface area contributed by atoms with Crippen molar-refractivity contribution in [3.05, 3.63) is 65.7 Å². The van der Waals surface area contributed by atoms with Crippen molar-refractivity contribution in [3.63, 3.8) is 0 Å². The van der Waals surface area contributed by atoms with Gasteiger partial charge in [0.25, 0.3) is 5.91 Å². The first-order valence-electron chi connectivity index (χ1n) is 8.09. The summed E-state index contributed by atoms with van der Waals surface area (Å²) in [5.41, 5.74) is 4.13. The Labute approximate surface area is 151 Å². The molecule has 1 aromatic carbocycles. The summed E-state index contributed by atoms with van der Waals surface area (Å²) in [6.07, 6.45) is 6.84. The van der Waals surface area contributed by atoms with Gasteiger partial charge in [-0.05, 0) is 43.2 Å². The van der Waals surface area contributed by atoms with Gasteiger partial charge in [0.15, 0.2) is 0 Å². The van der Waals surface area contributed by atoms with Gasteiger partial charge < -0.3 is 10.6 Å². The van der Waals surface area contributed by atoms with Crippen molar-refractivity contribution >= 4 is 23.2 Å². The van der Waals surface area contributed by atoms with Crippen LogP contribution in [0.3, 0.4) is 0 Å². The summed E-state index contributed by atoms with van der Waals surface area (Å²) in [4.78, 5) is 28.1. The van der Waals surface area contributed by atoms with Crippen LogP contribution < -0.4 is 10.6 Å². The molecule has 0 saturated heterocycles. The number of aromatic nitrogens is 3. The largest absolute Gasteiger partial charge is 0.326 e. The van der Waals surface area contributed by atoms with Crippen molar-refractivity contribution in [1.82, 2.24) is 14.8 Å². The van der Waals surface area contributed by atoms with E-state index in [1.807, 2.05) is 20.0 Å². The lowest BCUT2D eigenvalue weighted by Crippen LogP contribution is -2.16. The van der Waals surface area contributed by atoms with Crippen molar-refractivity contribution in [1.29, 1.82) is 0 Å². The van der Waals surface area contributed by atoms with Gasteiger partial charge in [-0.3, -0.25) is 14.6 Å². The summed E-state index contributed by atoms with van der Waals surface area (Å²) in [6, 6.07) is 6.99. The molecule has 2 aromatic heterocycles. The number of nitrogens with zero attached hydrogens (tertiary/aromatic N) is 3. The van der Waals surface area contributed by atoms with E-state index >= 15 is 0 Å². The maximum absolute atomic E-state index is 12.8. The van der Waals surface area contributed by atoms with Crippen LogP contribution in [0.25, 0.3) is 5.69 Å². The van der Waals surface area contributed by atoms with Crippen molar-refractivity contribution in [2.24, 2.45) is 0 Å². The Morgan fingerprint density at radius 1 is 1.08 bits per heavy atom. The van der Waals surface area contributed by atoms with Crippen LogP contribution >= 0.6 is 0 Å². The number of carbonyl (C=O) groups is 2. The summed E-state index contributed by atoms with van der Waals surface area (Å²) in [7, 11) is 0. The van der Waals surface area contributed by atoms with E-state index in [4.69, 9.17) is 0 Å². The fourth-order valence-electron chi connectivity index (χ4n) is 2.57. The van der Waals surface area contributed by atoms with E-state index < -0.39 is 0 Å². The molecule has 0 atom stereocenters. The van der Waals surface area contributed by atoms with Crippen LogP contribution in [0, 0.1) is 13.8 Å². The molecule has 2 amide bonds. The molecule has 0 aliphatic heterocycles. The second-order valence-electron chi connectivity index (χ2n) is 6.02. The van der Waals surface area contributed by atoms with Crippen molar-refractivity contribution in [2.75, 3.05) is 10.6 Å². The zero-order valence-electron chi connectivity index (χ0n) is 14.8. The van der Waals surface area contributed by atoms with Crippen LogP contribution in [0.2, 0.25) is 0 Å². The van der Waals surface area contributed by atoms with Gasteiger partial charge in [-0.1, -0.05) is 6.07 Å². The average Bonchev–Trinajstić information content (AvgIpc) is 3.03. The molecule has 0 aliphatic rings. The molecule has 0 spiro atoms. The number of hydrogen-bond donors (Lipinski definition) is 2. The van der Waals surface area contributed by atoms with Crippen molar-refractivity contribution in [2.45, 2.75) is 20.8 Å². The Hall–Kier alpha value is -3.48. The van der Waals surface area contributed by atoms with Crippen molar-refractivity contribution in [3.8, 4) is 5.69 Å². The highest BCUT2D eigenvalue weighted by Gasteiger charge is 2.14. The third-order valence-electron chi connectivity index (χ3n) is 3.81. The quantitative estimate of drug-likeness (QED) is 0.757. The monoisotopic (exact) mass is 349 g/mol. The third-order valence-corrected chi connectivity index (χ3v) is 3.81. The summed E-state index contributed by atoms with van der Waals surface area (Å²) >= 11 is 0. The SMILES string of the molecule is CC(=O)Nc1ccc(C)c(C(=O)Nc2cnccc2-n2cc(C)cn2)c1. The molecule has 0 radical (unpaired) electrons. The van der Waals surface area contributed by atoms with E-state index in [-0.39, 0.29) is 11.8 Å². The number of carbonyl (C=O) groups excluding carboxylic acids is 2. The molecular formula is C19H19N5O2. The molecular weight excluding hydrogens is 330 g/mol. The number of hydrogen-bond acceptors (Lipinski definition) is 4. The molecule has 0 fully saturated rings. The fraction of sp³-hybridized carbons (Fsp3) is 0.158. The smallest absolute Gasteiger partial charge is 0.256 e. The van der Waals surface area contributed by atoms with Gasteiger partial charge in [-0.15, -0.1) is 0 Å². The molecule has 132 valence electrons. The molecule has 0 unspecified atom stereocenters. The second-order valence-corrected chi connectivity index (χ2v) is 6.02. The van der Waals surface area contributed by atoms with E-state index in [0.29, 0.717) is 16.9 Å². The Morgan fingerprint density at radius 3 is 2.58 bits per heavy atom. The molecule has 0 saturated carbocycles. The zero-order chi connectivity index (χ0) is 18.7. The highest BCUT2D eigenvalue weighted by Crippen LogP contribution is 2.21. The second kappa shape index (κ2) is 7.18. The minimum absolute atomic E-state index is 0.191. The zero-order valence-corrected chi connectivity index (χ0v) is 14.8. The van der Waals surface area contributed by atoms with Gasteiger partial charge >= 0.3 is 0 Å². The maximum atomic E-state index is 12.8. The first kappa shape index (κ1) is 17.3. The first-order chi connectivity index (χ1) is 12.4. The van der Waals surface area contributed by atoms with E-state index in [9.17, 15) is 9.59 Å². The molecule has 26 heavy (non-hydrogen) atoms. The van der Waals surface area contributed by atoms with E-state index in [1.54, 1.807) is 47.5 Å². The maximum Gasteiger partial charge on any atom is 0.256 e. The average molecular weight is 349 g/mol.